The minimum absolute atomic E-state index is 0.0471. The maximum absolute atomic E-state index is 12.8. The van der Waals surface area contributed by atoms with Gasteiger partial charge >= 0.3 is 12.1 Å². The highest BCUT2D eigenvalue weighted by molar-refractivity contribution is 6.22. The van der Waals surface area contributed by atoms with Crippen molar-refractivity contribution in [2.75, 3.05) is 25.1 Å². The van der Waals surface area contributed by atoms with Crippen LogP contribution in [0.5, 0.6) is 0 Å². The molecule has 11 heteroatoms. The van der Waals surface area contributed by atoms with Gasteiger partial charge in [-0.1, -0.05) is 6.07 Å². The third kappa shape index (κ3) is 4.93. The number of ether oxygens (including phenoxy) is 2. The van der Waals surface area contributed by atoms with Gasteiger partial charge in [0.2, 0.25) is 0 Å². The van der Waals surface area contributed by atoms with Crippen molar-refractivity contribution >= 4 is 29.4 Å². The van der Waals surface area contributed by atoms with Gasteiger partial charge in [0.25, 0.3) is 17.7 Å². The molecule has 4 rings (SSSR count). The Balaban J connectivity index is 1.37. The Morgan fingerprint density at radius 3 is 2.56 bits per heavy atom. The number of benzene rings is 2. The fraction of sp³-hybridized carbons (Fsp3) is 0.304. The summed E-state index contributed by atoms with van der Waals surface area (Å²) in [7, 11) is 0. The highest BCUT2D eigenvalue weighted by atomic mass is 19.4. The van der Waals surface area contributed by atoms with Crippen molar-refractivity contribution in [2.24, 2.45) is 0 Å². The maximum Gasteiger partial charge on any atom is 0.416 e. The molecule has 3 amide bonds. The van der Waals surface area contributed by atoms with Crippen LogP contribution in [0.15, 0.2) is 42.5 Å². The number of fused-ring (bicyclic) bond motifs is 1. The van der Waals surface area contributed by atoms with Crippen LogP contribution in [0, 0.1) is 0 Å². The molecule has 0 aliphatic carbocycles. The number of amides is 3. The highest BCUT2D eigenvalue weighted by Crippen LogP contribution is 2.30. The number of alkyl halides is 3. The quantitative estimate of drug-likeness (QED) is 0.507. The van der Waals surface area contributed by atoms with Crippen LogP contribution >= 0.6 is 0 Å². The van der Waals surface area contributed by atoms with Crippen LogP contribution in [-0.2, 0) is 20.4 Å². The molecule has 0 unspecified atom stereocenters. The molecule has 0 saturated carbocycles. The van der Waals surface area contributed by atoms with E-state index in [1.165, 1.54) is 24.3 Å². The monoisotopic (exact) mass is 476 g/mol. The minimum Gasteiger partial charge on any atom is -0.452 e. The van der Waals surface area contributed by atoms with Gasteiger partial charge in [0.15, 0.2) is 6.61 Å². The lowest BCUT2D eigenvalue weighted by Gasteiger charge is -2.17. The Hall–Kier alpha value is -3.73. The Morgan fingerprint density at radius 1 is 1.09 bits per heavy atom. The van der Waals surface area contributed by atoms with Gasteiger partial charge in [-0.2, -0.15) is 13.2 Å². The number of esters is 1. The number of imide groups is 1. The minimum atomic E-state index is -4.57. The van der Waals surface area contributed by atoms with Crippen LogP contribution in [-0.4, -0.2) is 54.5 Å². The summed E-state index contributed by atoms with van der Waals surface area (Å²) < 4.78 is 48.7. The second kappa shape index (κ2) is 9.26. The van der Waals surface area contributed by atoms with Gasteiger partial charge in [-0.25, -0.2) is 4.79 Å². The predicted octanol–water partition coefficient (Wildman–Crippen LogP) is 3.28. The fourth-order valence-electron chi connectivity index (χ4n) is 3.76. The highest BCUT2D eigenvalue weighted by Gasteiger charge is 2.38. The van der Waals surface area contributed by atoms with Crippen molar-refractivity contribution in [3.8, 4) is 0 Å². The number of anilines is 1. The number of nitrogens with one attached hydrogen (secondary N) is 1. The fourth-order valence-corrected chi connectivity index (χ4v) is 3.76. The smallest absolute Gasteiger partial charge is 0.416 e. The zero-order valence-corrected chi connectivity index (χ0v) is 17.7. The van der Waals surface area contributed by atoms with E-state index in [4.69, 9.17) is 9.47 Å². The largest absolute Gasteiger partial charge is 0.452 e. The standard InChI is InChI=1S/C23H19F3N2O6/c24-23(25,26)14-3-1-4-15(10-14)27-19(29)12-34-22(32)13-6-7-17-18(9-13)21(31)28(20(17)30)11-16-5-2-8-33-16/h1,3-4,6-7,9-10,16H,2,5,8,11-12H2,(H,27,29)/t16-/m0/s1. The van der Waals surface area contributed by atoms with Crippen LogP contribution in [0.25, 0.3) is 0 Å². The molecule has 34 heavy (non-hydrogen) atoms. The first-order valence-electron chi connectivity index (χ1n) is 10.4. The molecule has 1 fully saturated rings. The molecule has 1 atom stereocenters. The molecule has 2 aliphatic rings. The van der Waals surface area contributed by atoms with E-state index < -0.39 is 42.0 Å². The number of rotatable bonds is 6. The van der Waals surface area contributed by atoms with Crippen molar-refractivity contribution in [3.05, 3.63) is 64.7 Å². The zero-order valence-electron chi connectivity index (χ0n) is 17.7. The SMILES string of the molecule is O=C(COC(=O)c1ccc2c(c1)C(=O)N(C[C@@H]1CCCO1)C2=O)Nc1cccc(C(F)(F)F)c1. The van der Waals surface area contributed by atoms with Crippen molar-refractivity contribution in [3.63, 3.8) is 0 Å². The third-order valence-corrected chi connectivity index (χ3v) is 5.42. The molecule has 1 N–H and O–H groups in total. The molecule has 0 aromatic heterocycles. The second-order valence-electron chi connectivity index (χ2n) is 7.82. The number of carbonyl (C=O) groups is 4. The first kappa shape index (κ1) is 23.4. The van der Waals surface area contributed by atoms with Gasteiger partial charge in [0.05, 0.1) is 34.9 Å². The zero-order chi connectivity index (χ0) is 24.5. The van der Waals surface area contributed by atoms with Crippen LogP contribution in [0.4, 0.5) is 18.9 Å². The summed E-state index contributed by atoms with van der Waals surface area (Å²) in [5.74, 6) is -2.80. The Kier molecular flexibility index (Phi) is 6.38. The average Bonchev–Trinajstić information content (AvgIpc) is 3.40. The van der Waals surface area contributed by atoms with E-state index in [1.54, 1.807) is 0 Å². The molecule has 2 aromatic carbocycles. The normalized spacial score (nSPS) is 17.6. The van der Waals surface area contributed by atoms with E-state index in [-0.39, 0.29) is 35.0 Å². The van der Waals surface area contributed by atoms with Crippen LogP contribution in [0.2, 0.25) is 0 Å². The molecule has 2 aliphatic heterocycles. The summed E-state index contributed by atoms with van der Waals surface area (Å²) in [4.78, 5) is 50.7. The van der Waals surface area contributed by atoms with Gasteiger partial charge in [-0.05, 0) is 49.2 Å². The van der Waals surface area contributed by atoms with E-state index in [1.807, 2.05) is 0 Å². The third-order valence-electron chi connectivity index (χ3n) is 5.42. The molecule has 2 aromatic rings. The van der Waals surface area contributed by atoms with E-state index in [2.05, 4.69) is 5.32 Å². The Labute approximate surface area is 191 Å². The van der Waals surface area contributed by atoms with Crippen LogP contribution in [0.1, 0.15) is 49.5 Å². The summed E-state index contributed by atoms with van der Waals surface area (Å²) >= 11 is 0. The van der Waals surface area contributed by atoms with Crippen molar-refractivity contribution < 1.29 is 41.8 Å². The lowest BCUT2D eigenvalue weighted by Crippen LogP contribution is -2.36. The lowest BCUT2D eigenvalue weighted by molar-refractivity contribution is -0.137. The molecular formula is C23H19F3N2O6. The Bertz CT molecular complexity index is 1160. The van der Waals surface area contributed by atoms with Crippen LogP contribution < -0.4 is 5.32 Å². The number of carbonyl (C=O) groups excluding carboxylic acids is 4. The average molecular weight is 476 g/mol. The summed E-state index contributed by atoms with van der Waals surface area (Å²) in [6.45, 7) is -0.0583. The summed E-state index contributed by atoms with van der Waals surface area (Å²) in [5.41, 5.74) is -0.893. The molecule has 0 bridgehead atoms. The van der Waals surface area contributed by atoms with E-state index in [9.17, 15) is 32.3 Å². The lowest BCUT2D eigenvalue weighted by atomic mass is 10.1. The van der Waals surface area contributed by atoms with Gasteiger partial charge in [0.1, 0.15) is 0 Å². The van der Waals surface area contributed by atoms with Gasteiger partial charge < -0.3 is 14.8 Å². The molecule has 8 nitrogen and oxygen atoms in total. The van der Waals surface area contributed by atoms with E-state index in [0.717, 1.165) is 35.9 Å². The summed E-state index contributed by atoms with van der Waals surface area (Å²) in [6.07, 6.45) is -3.19. The number of nitrogens with zero attached hydrogens (tertiary/aromatic N) is 1. The Morgan fingerprint density at radius 2 is 1.85 bits per heavy atom. The molecule has 178 valence electrons. The summed E-state index contributed by atoms with van der Waals surface area (Å²) in [5, 5.41) is 2.22. The molecule has 1 saturated heterocycles. The van der Waals surface area contributed by atoms with Crippen molar-refractivity contribution in [2.45, 2.75) is 25.1 Å². The molecule has 0 radical (unpaired) electrons. The maximum atomic E-state index is 12.8. The number of halogens is 3. The number of hydrogen-bond donors (Lipinski definition) is 1. The second-order valence-corrected chi connectivity index (χ2v) is 7.82. The van der Waals surface area contributed by atoms with Gasteiger partial charge in [0, 0.05) is 12.3 Å². The number of hydrogen-bond acceptors (Lipinski definition) is 6. The first-order chi connectivity index (χ1) is 16.1. The predicted molar refractivity (Wildman–Crippen MR) is 111 cm³/mol. The van der Waals surface area contributed by atoms with E-state index >= 15 is 0 Å². The summed E-state index contributed by atoms with van der Waals surface area (Å²) in [6, 6.07) is 7.87. The van der Waals surface area contributed by atoms with Crippen molar-refractivity contribution in [1.82, 2.24) is 4.90 Å². The molecular weight excluding hydrogens is 457 g/mol. The van der Waals surface area contributed by atoms with Gasteiger partial charge in [-0.15, -0.1) is 0 Å². The van der Waals surface area contributed by atoms with Crippen LogP contribution in [0.3, 0.4) is 0 Å². The van der Waals surface area contributed by atoms with Crippen molar-refractivity contribution in [1.29, 1.82) is 0 Å². The van der Waals surface area contributed by atoms with Gasteiger partial charge in [-0.3, -0.25) is 19.3 Å². The first-order valence-corrected chi connectivity index (χ1v) is 10.4. The van der Waals surface area contributed by atoms with E-state index in [0.29, 0.717) is 6.61 Å². The topological polar surface area (TPSA) is 102 Å². The molecule has 2 heterocycles. The molecule has 0 spiro atoms.